The average Bonchev–Trinajstić information content (AvgIpc) is 3.50. The van der Waals surface area contributed by atoms with Crippen LogP contribution in [0.25, 0.3) is 0 Å². The second-order valence-electron chi connectivity index (χ2n) is 7.04. The summed E-state index contributed by atoms with van der Waals surface area (Å²) in [7, 11) is 1.97. The normalized spacial score (nSPS) is 13.0. The Morgan fingerprint density at radius 3 is 2.55 bits per heavy atom. The largest absolute Gasteiger partial charge is 0.343 e. The van der Waals surface area contributed by atoms with Gasteiger partial charge in [0, 0.05) is 24.0 Å². The highest BCUT2D eigenvalue weighted by molar-refractivity contribution is 7.13. The number of aromatic nitrogens is 1. The van der Waals surface area contributed by atoms with Crippen LogP contribution in [0.1, 0.15) is 18.5 Å². The van der Waals surface area contributed by atoms with Gasteiger partial charge in [0.05, 0.1) is 23.5 Å². The molecule has 1 aliphatic rings. The first kappa shape index (κ1) is 19.1. The van der Waals surface area contributed by atoms with Crippen LogP contribution in [0.3, 0.4) is 0 Å². The summed E-state index contributed by atoms with van der Waals surface area (Å²) in [5.41, 5.74) is 3.32. The lowest BCUT2D eigenvalue weighted by molar-refractivity contribution is -0.117. The highest BCUT2D eigenvalue weighted by Gasteiger charge is 2.30. The van der Waals surface area contributed by atoms with Crippen LogP contribution >= 0.6 is 11.3 Å². The van der Waals surface area contributed by atoms with E-state index >= 15 is 0 Å². The van der Waals surface area contributed by atoms with Crippen molar-refractivity contribution in [2.45, 2.75) is 19.3 Å². The van der Waals surface area contributed by atoms with Crippen LogP contribution in [0.2, 0.25) is 0 Å². The molecule has 29 heavy (non-hydrogen) atoms. The Hall–Kier alpha value is -3.19. The second-order valence-corrected chi connectivity index (χ2v) is 7.90. The Labute approximate surface area is 173 Å². The molecule has 3 aromatic rings. The molecule has 7 heteroatoms. The van der Waals surface area contributed by atoms with Gasteiger partial charge in [0.1, 0.15) is 0 Å². The van der Waals surface area contributed by atoms with E-state index in [2.05, 4.69) is 15.6 Å². The summed E-state index contributed by atoms with van der Waals surface area (Å²) in [6.07, 6.45) is 2.05. The number of rotatable bonds is 7. The first-order chi connectivity index (χ1) is 14.1. The molecule has 0 saturated heterocycles. The highest BCUT2D eigenvalue weighted by Crippen LogP contribution is 2.31. The van der Waals surface area contributed by atoms with Crippen molar-refractivity contribution in [2.24, 2.45) is 5.92 Å². The summed E-state index contributed by atoms with van der Waals surface area (Å²) in [6, 6.07) is 17.7. The molecule has 1 saturated carbocycles. The topological polar surface area (TPSA) is 74.3 Å². The van der Waals surface area contributed by atoms with Crippen molar-refractivity contribution in [3.8, 4) is 0 Å². The van der Waals surface area contributed by atoms with Crippen molar-refractivity contribution >= 4 is 45.3 Å². The minimum Gasteiger partial charge on any atom is -0.343 e. The van der Waals surface area contributed by atoms with Crippen LogP contribution < -0.4 is 15.5 Å². The van der Waals surface area contributed by atoms with Gasteiger partial charge in [-0.2, -0.15) is 0 Å². The number of para-hydroxylation sites is 3. The number of anilines is 4. The van der Waals surface area contributed by atoms with Crippen molar-refractivity contribution in [3.63, 3.8) is 0 Å². The zero-order valence-electron chi connectivity index (χ0n) is 16.1. The maximum atomic E-state index is 12.6. The third-order valence-corrected chi connectivity index (χ3v) is 5.56. The predicted octanol–water partition coefficient (Wildman–Crippen LogP) is 4.44. The third kappa shape index (κ3) is 4.81. The summed E-state index contributed by atoms with van der Waals surface area (Å²) in [5, 5.41) is 8.16. The standard InChI is InChI=1S/C22H22N4O2S/c1-26(17-7-3-2-4-8-17)19-10-6-5-9-18(19)24-20(27)13-16-14-29-22(23-16)25-21(28)15-11-12-15/h2-10,14-15H,11-13H2,1H3,(H,24,27)(H,23,25,28). The minimum atomic E-state index is -0.149. The Morgan fingerprint density at radius 2 is 1.79 bits per heavy atom. The molecule has 1 aliphatic carbocycles. The van der Waals surface area contributed by atoms with E-state index < -0.39 is 0 Å². The molecule has 0 radical (unpaired) electrons. The molecule has 6 nitrogen and oxygen atoms in total. The van der Waals surface area contributed by atoms with Crippen molar-refractivity contribution in [1.29, 1.82) is 0 Å². The number of hydrogen-bond donors (Lipinski definition) is 2. The number of thiazole rings is 1. The van der Waals surface area contributed by atoms with Crippen LogP contribution in [0.15, 0.2) is 60.0 Å². The Kier molecular flexibility index (Phi) is 5.57. The van der Waals surface area contributed by atoms with Crippen LogP contribution in [-0.2, 0) is 16.0 Å². The van der Waals surface area contributed by atoms with Gasteiger partial charge >= 0.3 is 0 Å². The van der Waals surface area contributed by atoms with E-state index in [1.165, 1.54) is 11.3 Å². The molecule has 1 aromatic heterocycles. The molecule has 0 unspecified atom stereocenters. The lowest BCUT2D eigenvalue weighted by atomic mass is 10.2. The second kappa shape index (κ2) is 8.45. The van der Waals surface area contributed by atoms with Gasteiger partial charge in [0.2, 0.25) is 11.8 Å². The Bertz CT molecular complexity index is 1010. The molecule has 4 rings (SSSR count). The fourth-order valence-electron chi connectivity index (χ4n) is 3.02. The summed E-state index contributed by atoms with van der Waals surface area (Å²) >= 11 is 1.35. The molecule has 2 aromatic carbocycles. The summed E-state index contributed by atoms with van der Waals surface area (Å²) in [5.74, 6) is 0.00117. The molecular formula is C22H22N4O2S. The zero-order chi connectivity index (χ0) is 20.2. The zero-order valence-corrected chi connectivity index (χ0v) is 16.9. The molecule has 0 aliphatic heterocycles. The van der Waals surface area contributed by atoms with Crippen molar-refractivity contribution in [3.05, 3.63) is 65.7 Å². The van der Waals surface area contributed by atoms with Gasteiger partial charge < -0.3 is 15.5 Å². The SMILES string of the molecule is CN(c1ccccc1)c1ccccc1NC(=O)Cc1csc(NC(=O)C2CC2)n1. The number of carbonyl (C=O) groups is 2. The maximum absolute atomic E-state index is 12.6. The summed E-state index contributed by atoms with van der Waals surface area (Å²) in [6.45, 7) is 0. The molecule has 2 amide bonds. The van der Waals surface area contributed by atoms with Crippen LogP contribution in [-0.4, -0.2) is 23.8 Å². The fraction of sp³-hybridized carbons (Fsp3) is 0.227. The van der Waals surface area contributed by atoms with Gasteiger partial charge in [-0.15, -0.1) is 11.3 Å². The van der Waals surface area contributed by atoms with Crippen LogP contribution in [0, 0.1) is 5.92 Å². The molecule has 1 heterocycles. The van der Waals surface area contributed by atoms with E-state index in [4.69, 9.17) is 0 Å². The summed E-state index contributed by atoms with van der Waals surface area (Å²) < 4.78 is 0. The quantitative estimate of drug-likeness (QED) is 0.608. The minimum absolute atomic E-state index is 0.0215. The Morgan fingerprint density at radius 1 is 1.07 bits per heavy atom. The Balaban J connectivity index is 1.41. The number of benzene rings is 2. The molecule has 1 fully saturated rings. The van der Waals surface area contributed by atoms with Gasteiger partial charge in [-0.3, -0.25) is 9.59 Å². The number of nitrogens with zero attached hydrogens (tertiary/aromatic N) is 2. The van der Waals surface area contributed by atoms with E-state index in [0.717, 1.165) is 29.9 Å². The first-order valence-electron chi connectivity index (χ1n) is 9.53. The smallest absolute Gasteiger partial charge is 0.230 e. The van der Waals surface area contributed by atoms with Crippen molar-refractivity contribution in [1.82, 2.24) is 4.98 Å². The van der Waals surface area contributed by atoms with Crippen LogP contribution in [0.5, 0.6) is 0 Å². The number of amides is 2. The van der Waals surface area contributed by atoms with E-state index in [1.807, 2.05) is 71.9 Å². The van der Waals surface area contributed by atoms with E-state index in [0.29, 0.717) is 10.8 Å². The lowest BCUT2D eigenvalue weighted by Gasteiger charge is -2.22. The third-order valence-electron chi connectivity index (χ3n) is 4.75. The van der Waals surface area contributed by atoms with Gasteiger partial charge in [-0.25, -0.2) is 4.98 Å². The van der Waals surface area contributed by atoms with Crippen molar-refractivity contribution in [2.75, 3.05) is 22.6 Å². The monoisotopic (exact) mass is 406 g/mol. The van der Waals surface area contributed by atoms with Crippen LogP contribution in [0.4, 0.5) is 22.2 Å². The average molecular weight is 407 g/mol. The van der Waals surface area contributed by atoms with Crippen molar-refractivity contribution < 1.29 is 9.59 Å². The van der Waals surface area contributed by atoms with Gasteiger partial charge in [0.15, 0.2) is 5.13 Å². The van der Waals surface area contributed by atoms with E-state index in [1.54, 1.807) is 0 Å². The molecule has 148 valence electrons. The van der Waals surface area contributed by atoms with Gasteiger partial charge in [0.25, 0.3) is 0 Å². The van der Waals surface area contributed by atoms with Gasteiger partial charge in [-0.1, -0.05) is 30.3 Å². The van der Waals surface area contributed by atoms with E-state index in [-0.39, 0.29) is 24.2 Å². The summed E-state index contributed by atoms with van der Waals surface area (Å²) in [4.78, 5) is 30.8. The molecule has 0 atom stereocenters. The maximum Gasteiger partial charge on any atom is 0.230 e. The first-order valence-corrected chi connectivity index (χ1v) is 10.4. The van der Waals surface area contributed by atoms with E-state index in [9.17, 15) is 9.59 Å². The molecule has 0 spiro atoms. The fourth-order valence-corrected chi connectivity index (χ4v) is 3.73. The number of carbonyl (C=O) groups excluding carboxylic acids is 2. The molecular weight excluding hydrogens is 384 g/mol. The predicted molar refractivity (Wildman–Crippen MR) is 117 cm³/mol. The number of nitrogens with one attached hydrogen (secondary N) is 2. The lowest BCUT2D eigenvalue weighted by Crippen LogP contribution is -2.18. The molecule has 0 bridgehead atoms. The highest BCUT2D eigenvalue weighted by atomic mass is 32.1. The molecule has 2 N–H and O–H groups in total. The van der Waals surface area contributed by atoms with Gasteiger partial charge in [-0.05, 0) is 37.1 Å². The number of hydrogen-bond acceptors (Lipinski definition) is 5.